The first kappa shape index (κ1) is 13.6. The van der Waals surface area contributed by atoms with Gasteiger partial charge in [0.05, 0.1) is 5.56 Å². The van der Waals surface area contributed by atoms with E-state index >= 15 is 0 Å². The van der Waals surface area contributed by atoms with Crippen LogP contribution in [-0.4, -0.2) is 18.9 Å². The van der Waals surface area contributed by atoms with Crippen LogP contribution in [0.4, 0.5) is 8.78 Å². The summed E-state index contributed by atoms with van der Waals surface area (Å²) in [5, 5.41) is 0.388. The lowest BCUT2D eigenvalue weighted by atomic mass is 10.2. The van der Waals surface area contributed by atoms with Crippen molar-refractivity contribution in [2.24, 2.45) is 0 Å². The summed E-state index contributed by atoms with van der Waals surface area (Å²) in [4.78, 5) is 15.8. The van der Waals surface area contributed by atoms with Gasteiger partial charge >= 0.3 is 0 Å². The Hall–Kier alpha value is -0.470. The molecule has 1 N–H and O–H groups in total. The van der Waals surface area contributed by atoms with Crippen molar-refractivity contribution in [3.05, 3.63) is 32.4 Å². The average molecular weight is 362 g/mol. The quantitative estimate of drug-likeness (QED) is 0.661. The third kappa shape index (κ3) is 4.18. The zero-order chi connectivity index (χ0) is 12.1. The Labute approximate surface area is 109 Å². The van der Waals surface area contributed by atoms with E-state index in [-0.39, 0.29) is 5.56 Å². The first-order chi connectivity index (χ1) is 7.50. The lowest BCUT2D eigenvalue weighted by molar-refractivity contribution is -0.0253. The highest BCUT2D eigenvalue weighted by molar-refractivity contribution is 14.1. The molecule has 7 heteroatoms. The average Bonchev–Trinajstić information content (AvgIpc) is 2.21. The van der Waals surface area contributed by atoms with Crippen LogP contribution in [0.25, 0.3) is 0 Å². The standard InChI is InChI=1S/C9H7ClF2INO2/c10-5-1-2-7(13)6(3-5)9(15)14-16-4-8(11)12/h1-3,8H,4H2,(H,14,15). The van der Waals surface area contributed by atoms with Crippen molar-refractivity contribution >= 4 is 40.1 Å². The van der Waals surface area contributed by atoms with E-state index in [0.29, 0.717) is 8.59 Å². The number of halogens is 4. The highest BCUT2D eigenvalue weighted by Crippen LogP contribution is 2.17. The Balaban J connectivity index is 2.62. The molecule has 3 nitrogen and oxygen atoms in total. The van der Waals surface area contributed by atoms with Gasteiger partial charge < -0.3 is 0 Å². The Morgan fingerprint density at radius 1 is 1.56 bits per heavy atom. The Morgan fingerprint density at radius 3 is 2.88 bits per heavy atom. The number of benzene rings is 1. The van der Waals surface area contributed by atoms with Crippen molar-refractivity contribution in [3.63, 3.8) is 0 Å². The molecule has 1 aromatic rings. The van der Waals surface area contributed by atoms with Gasteiger partial charge in [-0.3, -0.25) is 9.63 Å². The second-order valence-corrected chi connectivity index (χ2v) is 4.36. The zero-order valence-corrected chi connectivity index (χ0v) is 10.8. The summed E-state index contributed by atoms with van der Waals surface area (Å²) in [7, 11) is 0. The molecule has 0 bridgehead atoms. The van der Waals surface area contributed by atoms with Crippen LogP contribution < -0.4 is 5.48 Å². The minimum atomic E-state index is -2.63. The van der Waals surface area contributed by atoms with Crippen LogP contribution in [-0.2, 0) is 4.84 Å². The minimum absolute atomic E-state index is 0.280. The number of nitrogens with one attached hydrogen (secondary N) is 1. The molecule has 0 saturated heterocycles. The van der Waals surface area contributed by atoms with Gasteiger partial charge in [-0.25, -0.2) is 14.3 Å². The molecule has 0 saturated carbocycles. The smallest absolute Gasteiger partial charge is 0.267 e. The van der Waals surface area contributed by atoms with Gasteiger partial charge in [0.15, 0.2) is 0 Å². The first-order valence-electron chi connectivity index (χ1n) is 4.16. The third-order valence-electron chi connectivity index (χ3n) is 1.55. The third-order valence-corrected chi connectivity index (χ3v) is 2.72. The van der Waals surface area contributed by atoms with E-state index < -0.39 is 18.9 Å². The number of hydrogen-bond donors (Lipinski definition) is 1. The van der Waals surface area contributed by atoms with Gasteiger partial charge in [-0.2, -0.15) is 0 Å². The predicted octanol–water partition coefficient (Wildman–Crippen LogP) is 2.87. The monoisotopic (exact) mass is 361 g/mol. The number of alkyl halides is 2. The van der Waals surface area contributed by atoms with E-state index in [1.54, 1.807) is 12.1 Å². The molecule has 0 spiro atoms. The van der Waals surface area contributed by atoms with Crippen molar-refractivity contribution < 1.29 is 18.4 Å². The second-order valence-electron chi connectivity index (χ2n) is 2.76. The van der Waals surface area contributed by atoms with Crippen molar-refractivity contribution in [3.8, 4) is 0 Å². The Morgan fingerprint density at radius 2 is 2.25 bits per heavy atom. The number of rotatable bonds is 4. The number of carbonyl (C=O) groups is 1. The van der Waals surface area contributed by atoms with E-state index in [9.17, 15) is 13.6 Å². The summed E-state index contributed by atoms with van der Waals surface area (Å²) in [6.45, 7) is -0.844. The fourth-order valence-corrected chi connectivity index (χ4v) is 1.65. The molecule has 1 aromatic carbocycles. The zero-order valence-electron chi connectivity index (χ0n) is 7.84. The second kappa shape index (κ2) is 6.31. The molecule has 0 aliphatic carbocycles. The van der Waals surface area contributed by atoms with E-state index in [2.05, 4.69) is 4.84 Å². The molecule has 0 unspecified atom stereocenters. The number of carbonyl (C=O) groups excluding carboxylic acids is 1. The summed E-state index contributed by atoms with van der Waals surface area (Å²) < 4.78 is 24.1. The van der Waals surface area contributed by atoms with Gasteiger partial charge in [-0.15, -0.1) is 0 Å². The number of hydroxylamine groups is 1. The van der Waals surface area contributed by atoms with E-state index in [1.807, 2.05) is 28.1 Å². The summed E-state index contributed by atoms with van der Waals surface area (Å²) >= 11 is 7.64. The highest BCUT2D eigenvalue weighted by atomic mass is 127. The van der Waals surface area contributed by atoms with E-state index in [0.717, 1.165) is 0 Å². The number of amides is 1. The molecule has 1 amide bonds. The molecule has 88 valence electrons. The Kier molecular flexibility index (Phi) is 5.36. The maximum Gasteiger partial charge on any atom is 0.275 e. The minimum Gasteiger partial charge on any atom is -0.267 e. The van der Waals surface area contributed by atoms with Gasteiger partial charge in [-0.1, -0.05) is 11.6 Å². The molecule has 0 radical (unpaired) electrons. The van der Waals surface area contributed by atoms with E-state index in [1.165, 1.54) is 6.07 Å². The van der Waals surface area contributed by atoms with Gasteiger partial charge in [0.1, 0.15) is 6.61 Å². The molecule has 0 aromatic heterocycles. The largest absolute Gasteiger partial charge is 0.275 e. The van der Waals surface area contributed by atoms with E-state index in [4.69, 9.17) is 11.6 Å². The lowest BCUT2D eigenvalue weighted by Crippen LogP contribution is -2.26. The molecule has 0 atom stereocenters. The summed E-state index contributed by atoms with van der Waals surface area (Å²) in [6.07, 6.45) is -2.63. The van der Waals surface area contributed by atoms with Crippen LogP contribution in [0.5, 0.6) is 0 Å². The Bertz CT molecular complexity index is 390. The maximum absolute atomic E-state index is 11.7. The fourth-order valence-electron chi connectivity index (χ4n) is 0.897. The number of hydrogen-bond acceptors (Lipinski definition) is 2. The maximum atomic E-state index is 11.7. The van der Waals surface area contributed by atoms with Crippen LogP contribution in [0.3, 0.4) is 0 Å². The van der Waals surface area contributed by atoms with Crippen molar-refractivity contribution in [1.29, 1.82) is 0 Å². The van der Waals surface area contributed by atoms with Crippen molar-refractivity contribution in [2.45, 2.75) is 6.43 Å². The van der Waals surface area contributed by atoms with Gasteiger partial charge in [-0.05, 0) is 40.8 Å². The topological polar surface area (TPSA) is 38.3 Å². The van der Waals surface area contributed by atoms with Gasteiger partial charge in [0.25, 0.3) is 12.3 Å². The summed E-state index contributed by atoms with van der Waals surface area (Å²) in [6, 6.07) is 4.70. The molecular weight excluding hydrogens is 354 g/mol. The molecule has 0 fully saturated rings. The SMILES string of the molecule is O=C(NOCC(F)F)c1cc(Cl)ccc1I. The summed E-state index contributed by atoms with van der Waals surface area (Å²) in [5.74, 6) is -0.604. The van der Waals surface area contributed by atoms with Crippen molar-refractivity contribution in [1.82, 2.24) is 5.48 Å². The van der Waals surface area contributed by atoms with Gasteiger partial charge in [0, 0.05) is 8.59 Å². The molecule has 0 aliphatic rings. The molecule has 0 heterocycles. The normalized spacial score (nSPS) is 10.6. The lowest BCUT2D eigenvalue weighted by Gasteiger charge is -2.07. The molecule has 16 heavy (non-hydrogen) atoms. The van der Waals surface area contributed by atoms with Crippen LogP contribution in [0.15, 0.2) is 18.2 Å². The first-order valence-corrected chi connectivity index (χ1v) is 5.61. The van der Waals surface area contributed by atoms with Crippen LogP contribution in [0.1, 0.15) is 10.4 Å². The van der Waals surface area contributed by atoms with Crippen LogP contribution >= 0.6 is 34.2 Å². The van der Waals surface area contributed by atoms with Gasteiger partial charge in [0.2, 0.25) is 0 Å². The van der Waals surface area contributed by atoms with Crippen molar-refractivity contribution in [2.75, 3.05) is 6.61 Å². The van der Waals surface area contributed by atoms with Crippen LogP contribution in [0, 0.1) is 3.57 Å². The van der Waals surface area contributed by atoms with Crippen LogP contribution in [0.2, 0.25) is 5.02 Å². The highest BCUT2D eigenvalue weighted by Gasteiger charge is 2.11. The predicted molar refractivity (Wildman–Crippen MR) is 63.6 cm³/mol. The molecule has 1 rings (SSSR count). The summed E-state index contributed by atoms with van der Waals surface area (Å²) in [5.41, 5.74) is 2.20. The fraction of sp³-hybridized carbons (Fsp3) is 0.222. The molecule has 0 aliphatic heterocycles. The molecular formula is C9H7ClF2INO2.